The lowest BCUT2D eigenvalue weighted by Gasteiger charge is -2.33. The van der Waals surface area contributed by atoms with Gasteiger partial charge in [-0.2, -0.15) is 0 Å². The van der Waals surface area contributed by atoms with Gasteiger partial charge in [0.2, 0.25) is 0 Å². The molecule has 1 heterocycles. The predicted molar refractivity (Wildman–Crippen MR) is 122 cm³/mol. The lowest BCUT2D eigenvalue weighted by Crippen LogP contribution is -2.40. The zero-order chi connectivity index (χ0) is 22.9. The SMILES string of the molecule is COC(=O)C/C(C(=O)OC)=C(\C(=Nc1ccccc1Cl)c1ccccc1)N1CCOCC1. The van der Waals surface area contributed by atoms with E-state index in [1.54, 1.807) is 12.1 Å². The highest BCUT2D eigenvalue weighted by Crippen LogP contribution is 2.29. The smallest absolute Gasteiger partial charge is 0.336 e. The van der Waals surface area contributed by atoms with Crippen LogP contribution in [0.4, 0.5) is 5.69 Å². The van der Waals surface area contributed by atoms with E-state index in [-0.39, 0.29) is 12.0 Å². The van der Waals surface area contributed by atoms with Crippen LogP contribution in [0.2, 0.25) is 5.02 Å². The average Bonchev–Trinajstić information content (AvgIpc) is 2.84. The lowest BCUT2D eigenvalue weighted by atomic mass is 9.99. The van der Waals surface area contributed by atoms with Crippen molar-refractivity contribution < 1.29 is 23.8 Å². The van der Waals surface area contributed by atoms with Crippen molar-refractivity contribution in [3.63, 3.8) is 0 Å². The molecule has 8 heteroatoms. The largest absolute Gasteiger partial charge is 0.469 e. The number of nitrogens with zero attached hydrogens (tertiary/aromatic N) is 2. The summed E-state index contributed by atoms with van der Waals surface area (Å²) < 4.78 is 15.4. The number of ether oxygens (including phenoxy) is 3. The Bertz CT molecular complexity index is 1010. The normalized spacial score (nSPS) is 15.1. The highest BCUT2D eigenvalue weighted by Gasteiger charge is 2.29. The van der Waals surface area contributed by atoms with Crippen LogP contribution in [0.15, 0.2) is 70.9 Å². The Morgan fingerprint density at radius 1 is 1.00 bits per heavy atom. The summed E-state index contributed by atoms with van der Waals surface area (Å²) in [6.07, 6.45) is -0.260. The zero-order valence-electron chi connectivity index (χ0n) is 18.0. The first kappa shape index (κ1) is 23.5. The van der Waals surface area contributed by atoms with E-state index in [2.05, 4.69) is 0 Å². The van der Waals surface area contributed by atoms with Crippen molar-refractivity contribution >= 4 is 34.9 Å². The van der Waals surface area contributed by atoms with Gasteiger partial charge in [0.1, 0.15) is 0 Å². The number of morpholine rings is 1. The molecule has 1 saturated heterocycles. The van der Waals surface area contributed by atoms with Gasteiger partial charge in [0.05, 0.1) is 61.5 Å². The van der Waals surface area contributed by atoms with Gasteiger partial charge in [-0.05, 0) is 12.1 Å². The third-order valence-corrected chi connectivity index (χ3v) is 5.27. The Kier molecular flexibility index (Phi) is 8.41. The molecule has 1 aliphatic heterocycles. The van der Waals surface area contributed by atoms with Crippen LogP contribution in [-0.4, -0.2) is 63.1 Å². The van der Waals surface area contributed by atoms with Gasteiger partial charge in [-0.3, -0.25) is 4.79 Å². The maximum absolute atomic E-state index is 12.9. The Morgan fingerprint density at radius 3 is 2.28 bits per heavy atom. The summed E-state index contributed by atoms with van der Waals surface area (Å²) in [4.78, 5) is 32.0. The molecule has 7 nitrogen and oxygen atoms in total. The number of esters is 2. The maximum atomic E-state index is 12.9. The summed E-state index contributed by atoms with van der Waals surface area (Å²) >= 11 is 6.40. The Labute approximate surface area is 192 Å². The van der Waals surface area contributed by atoms with E-state index in [1.807, 2.05) is 47.4 Å². The molecule has 0 atom stereocenters. The standard InChI is InChI=1S/C24H25ClN2O5/c1-30-21(28)16-18(24(29)31-2)23(27-12-14-32-15-13-27)22(17-8-4-3-5-9-17)26-20-11-7-6-10-19(20)25/h3-11H,12-16H2,1-2H3/b23-18-,26-22?. The van der Waals surface area contributed by atoms with Crippen LogP contribution in [0.25, 0.3) is 0 Å². The van der Waals surface area contributed by atoms with Gasteiger partial charge < -0.3 is 19.1 Å². The summed E-state index contributed by atoms with van der Waals surface area (Å²) in [6.45, 7) is 1.99. The molecule has 1 aliphatic rings. The topological polar surface area (TPSA) is 77.4 Å². The minimum atomic E-state index is -0.625. The number of carbonyl (C=O) groups excluding carboxylic acids is 2. The fraction of sp³-hybridized carbons (Fsp3) is 0.292. The van der Waals surface area contributed by atoms with Gasteiger partial charge in [-0.15, -0.1) is 0 Å². The Morgan fingerprint density at radius 2 is 1.66 bits per heavy atom. The maximum Gasteiger partial charge on any atom is 0.336 e. The number of benzene rings is 2. The van der Waals surface area contributed by atoms with Crippen molar-refractivity contribution in [2.75, 3.05) is 40.5 Å². The first-order chi connectivity index (χ1) is 15.5. The molecule has 0 saturated carbocycles. The molecule has 0 radical (unpaired) electrons. The van der Waals surface area contributed by atoms with Gasteiger partial charge in [-0.1, -0.05) is 54.1 Å². The number of para-hydroxylation sites is 1. The molecule has 0 aliphatic carbocycles. The molecule has 2 aromatic rings. The van der Waals surface area contributed by atoms with Crippen LogP contribution in [0.1, 0.15) is 12.0 Å². The second-order valence-electron chi connectivity index (χ2n) is 6.95. The summed E-state index contributed by atoms with van der Waals surface area (Å²) in [7, 11) is 2.56. The van der Waals surface area contributed by atoms with Gasteiger partial charge in [0.25, 0.3) is 0 Å². The number of carbonyl (C=O) groups is 2. The van der Waals surface area contributed by atoms with Crippen LogP contribution >= 0.6 is 11.6 Å². The van der Waals surface area contributed by atoms with Crippen molar-refractivity contribution in [1.82, 2.24) is 4.90 Å². The van der Waals surface area contributed by atoms with E-state index < -0.39 is 11.9 Å². The average molecular weight is 457 g/mol. The molecule has 0 N–H and O–H groups in total. The van der Waals surface area contributed by atoms with E-state index in [4.69, 9.17) is 30.8 Å². The van der Waals surface area contributed by atoms with E-state index in [0.29, 0.717) is 48.4 Å². The van der Waals surface area contributed by atoms with E-state index in [9.17, 15) is 9.59 Å². The van der Waals surface area contributed by atoms with Gasteiger partial charge in [0.15, 0.2) is 0 Å². The molecule has 3 rings (SSSR count). The number of halogens is 1. The second kappa shape index (κ2) is 11.5. The summed E-state index contributed by atoms with van der Waals surface area (Å²) in [5.41, 5.74) is 2.47. The second-order valence-corrected chi connectivity index (χ2v) is 7.36. The highest BCUT2D eigenvalue weighted by molar-refractivity contribution is 6.33. The zero-order valence-corrected chi connectivity index (χ0v) is 18.8. The van der Waals surface area contributed by atoms with Crippen molar-refractivity contribution in [3.05, 3.63) is 76.5 Å². The van der Waals surface area contributed by atoms with E-state index >= 15 is 0 Å². The minimum Gasteiger partial charge on any atom is -0.469 e. The molecule has 0 amide bonds. The van der Waals surface area contributed by atoms with Crippen LogP contribution in [0, 0.1) is 0 Å². The van der Waals surface area contributed by atoms with E-state index in [1.165, 1.54) is 14.2 Å². The van der Waals surface area contributed by atoms with Crippen LogP contribution in [-0.2, 0) is 23.8 Å². The molecule has 168 valence electrons. The van der Waals surface area contributed by atoms with Crippen LogP contribution in [0.3, 0.4) is 0 Å². The third kappa shape index (κ3) is 5.75. The Balaban J connectivity index is 2.31. The van der Waals surface area contributed by atoms with Crippen LogP contribution in [0.5, 0.6) is 0 Å². The van der Waals surface area contributed by atoms with E-state index in [0.717, 1.165) is 5.56 Å². The third-order valence-electron chi connectivity index (χ3n) is 4.95. The van der Waals surface area contributed by atoms with Gasteiger partial charge in [-0.25, -0.2) is 9.79 Å². The summed E-state index contributed by atoms with van der Waals surface area (Å²) in [5.74, 6) is -1.18. The van der Waals surface area contributed by atoms with Crippen molar-refractivity contribution in [2.45, 2.75) is 6.42 Å². The molecule has 1 fully saturated rings. The fourth-order valence-corrected chi connectivity index (χ4v) is 3.55. The molecule has 0 spiro atoms. The number of hydrogen-bond donors (Lipinski definition) is 0. The summed E-state index contributed by atoms with van der Waals surface area (Å²) in [6, 6.07) is 16.6. The monoisotopic (exact) mass is 456 g/mol. The molecule has 32 heavy (non-hydrogen) atoms. The molecule has 2 aromatic carbocycles. The number of hydrogen-bond acceptors (Lipinski definition) is 7. The number of aliphatic imine (C=N–C) groups is 1. The lowest BCUT2D eigenvalue weighted by molar-refractivity contribution is -0.143. The number of methoxy groups -OCH3 is 2. The first-order valence-corrected chi connectivity index (χ1v) is 10.5. The van der Waals surface area contributed by atoms with Crippen LogP contribution < -0.4 is 0 Å². The predicted octanol–water partition coefficient (Wildman–Crippen LogP) is 3.78. The molecule has 0 bridgehead atoms. The Hall–Kier alpha value is -3.16. The molecule has 0 unspecified atom stereocenters. The van der Waals surface area contributed by atoms with Gasteiger partial charge >= 0.3 is 11.9 Å². The fourth-order valence-electron chi connectivity index (χ4n) is 3.38. The molecule has 0 aromatic heterocycles. The minimum absolute atomic E-state index is 0.163. The quantitative estimate of drug-likeness (QED) is 0.358. The highest BCUT2D eigenvalue weighted by atomic mass is 35.5. The van der Waals surface area contributed by atoms with Crippen molar-refractivity contribution in [1.29, 1.82) is 0 Å². The first-order valence-electron chi connectivity index (χ1n) is 10.1. The summed E-state index contributed by atoms with van der Waals surface area (Å²) in [5, 5.41) is 0.467. The number of rotatable bonds is 7. The van der Waals surface area contributed by atoms with Gasteiger partial charge in [0, 0.05) is 18.7 Å². The van der Waals surface area contributed by atoms with Crippen molar-refractivity contribution in [3.8, 4) is 0 Å². The molecular weight excluding hydrogens is 432 g/mol. The van der Waals surface area contributed by atoms with Crippen molar-refractivity contribution in [2.24, 2.45) is 4.99 Å². The number of allylic oxidation sites excluding steroid dienone is 1. The molecular formula is C24H25ClN2O5.